The lowest BCUT2D eigenvalue weighted by atomic mass is 9.90. The molecule has 0 fully saturated rings. The fraction of sp³-hybridized carbons (Fsp3) is 0.632. The number of guanidine groups is 1. The highest BCUT2D eigenvalue weighted by molar-refractivity contribution is 6.09. The van der Waals surface area contributed by atoms with Crippen LogP contribution in [0.1, 0.15) is 52.9 Å². The Kier molecular flexibility index (Phi) is 6.37. The molecule has 9 heteroatoms. The van der Waals surface area contributed by atoms with Gasteiger partial charge in [-0.2, -0.15) is 13.2 Å². The molecule has 156 valence electrons. The van der Waals surface area contributed by atoms with Gasteiger partial charge in [0.15, 0.2) is 17.6 Å². The zero-order chi connectivity index (χ0) is 21.3. The highest BCUT2D eigenvalue weighted by Gasteiger charge is 2.39. The van der Waals surface area contributed by atoms with Gasteiger partial charge in [0, 0.05) is 5.92 Å². The van der Waals surface area contributed by atoms with Gasteiger partial charge in [0.1, 0.15) is 11.4 Å². The van der Waals surface area contributed by atoms with Gasteiger partial charge < -0.3 is 10.6 Å². The lowest BCUT2D eigenvalue weighted by molar-refractivity contribution is -0.141. The molecule has 4 N–H and O–H groups in total. The number of alkyl halides is 3. The van der Waals surface area contributed by atoms with Gasteiger partial charge >= 0.3 is 6.18 Å². The Labute approximate surface area is 163 Å². The fourth-order valence-corrected chi connectivity index (χ4v) is 2.56. The molecule has 0 saturated heterocycles. The smallest absolute Gasteiger partial charge is 0.319 e. The van der Waals surface area contributed by atoms with Crippen LogP contribution in [0.3, 0.4) is 0 Å². The molecule has 0 aliphatic carbocycles. The van der Waals surface area contributed by atoms with Crippen LogP contribution >= 0.6 is 0 Å². The highest BCUT2D eigenvalue weighted by atomic mass is 19.4. The van der Waals surface area contributed by atoms with E-state index in [-0.39, 0.29) is 35.3 Å². The molecule has 0 radical (unpaired) electrons. The third-order valence-corrected chi connectivity index (χ3v) is 5.13. The maximum Gasteiger partial charge on any atom is 0.433 e. The molecule has 0 saturated carbocycles. The molecule has 0 amide bonds. The Hall–Kier alpha value is -2.16. The number of amidine groups is 1. The van der Waals surface area contributed by atoms with E-state index in [0.29, 0.717) is 5.96 Å². The summed E-state index contributed by atoms with van der Waals surface area (Å²) in [7, 11) is 0. The molecule has 1 aliphatic heterocycles. The van der Waals surface area contributed by atoms with Crippen LogP contribution in [-0.2, 0) is 6.18 Å². The molecule has 1 aliphatic rings. The summed E-state index contributed by atoms with van der Waals surface area (Å²) in [5.41, 5.74) is 5.61. The predicted molar refractivity (Wildman–Crippen MR) is 105 cm³/mol. The Morgan fingerprint density at radius 2 is 1.71 bits per heavy atom. The van der Waals surface area contributed by atoms with E-state index in [1.807, 2.05) is 41.5 Å². The largest absolute Gasteiger partial charge is 0.433 e. The molecule has 3 atom stereocenters. The van der Waals surface area contributed by atoms with E-state index in [0.717, 1.165) is 6.07 Å². The van der Waals surface area contributed by atoms with Crippen molar-refractivity contribution in [1.29, 1.82) is 0 Å². The van der Waals surface area contributed by atoms with Crippen molar-refractivity contribution in [2.75, 3.05) is 0 Å². The van der Waals surface area contributed by atoms with Gasteiger partial charge in [0.25, 0.3) is 0 Å². The van der Waals surface area contributed by atoms with Crippen molar-refractivity contribution in [2.24, 2.45) is 33.5 Å². The van der Waals surface area contributed by atoms with Gasteiger partial charge in [-0.05, 0) is 30.9 Å². The molecule has 0 aromatic carbocycles. The summed E-state index contributed by atoms with van der Waals surface area (Å²) in [6.07, 6.45) is -4.54. The summed E-state index contributed by atoms with van der Waals surface area (Å²) in [5.74, 6) is -0.344. The van der Waals surface area contributed by atoms with E-state index < -0.39 is 17.7 Å². The summed E-state index contributed by atoms with van der Waals surface area (Å²) in [5, 5.41) is 6.08. The van der Waals surface area contributed by atoms with Crippen LogP contribution in [0, 0.1) is 17.8 Å². The Morgan fingerprint density at radius 1 is 1.07 bits per heavy atom. The molecule has 6 nitrogen and oxygen atoms in total. The molecule has 3 unspecified atom stereocenters. The van der Waals surface area contributed by atoms with Crippen molar-refractivity contribution in [1.82, 2.24) is 15.6 Å². The average Bonchev–Trinajstić information content (AvgIpc) is 2.59. The van der Waals surface area contributed by atoms with Crippen LogP contribution in [-0.4, -0.2) is 28.6 Å². The molecule has 0 spiro atoms. The van der Waals surface area contributed by atoms with Crippen LogP contribution in [0.4, 0.5) is 13.2 Å². The standard InChI is InChI=1S/C19H29F3N6/c1-10(2)12(5)19(23)27-16(26-17(28-19)24-13(6)11(3)4)14-8-7-9-15(25-14)18(20,21)22/h7-13H,23H2,1-6H3,(H2,24,26,27,28). The molecule has 1 aromatic rings. The highest BCUT2D eigenvalue weighted by Crippen LogP contribution is 2.28. The number of nitrogens with two attached hydrogens (primary N) is 1. The Bertz CT molecular complexity index is 756. The summed E-state index contributed by atoms with van der Waals surface area (Å²) in [6, 6.07) is 3.67. The summed E-state index contributed by atoms with van der Waals surface area (Å²) in [4.78, 5) is 12.8. The number of rotatable bonds is 5. The first-order valence-corrected chi connectivity index (χ1v) is 9.40. The van der Waals surface area contributed by atoms with Crippen LogP contribution in [0.2, 0.25) is 0 Å². The number of aromatic nitrogens is 1. The summed E-state index contributed by atoms with van der Waals surface area (Å²) >= 11 is 0. The van der Waals surface area contributed by atoms with Crippen LogP contribution < -0.4 is 16.4 Å². The van der Waals surface area contributed by atoms with Crippen molar-refractivity contribution < 1.29 is 13.2 Å². The van der Waals surface area contributed by atoms with Gasteiger partial charge in [-0.1, -0.05) is 40.7 Å². The first-order chi connectivity index (χ1) is 12.8. The third kappa shape index (κ3) is 5.01. The molecular weight excluding hydrogens is 369 g/mol. The minimum atomic E-state index is -4.54. The number of halogens is 3. The molecule has 28 heavy (non-hydrogen) atoms. The van der Waals surface area contributed by atoms with Gasteiger partial charge in [-0.15, -0.1) is 0 Å². The van der Waals surface area contributed by atoms with Gasteiger partial charge in [-0.25, -0.2) is 15.0 Å². The topological polar surface area (TPSA) is 87.7 Å². The van der Waals surface area contributed by atoms with Crippen LogP contribution in [0.5, 0.6) is 0 Å². The Morgan fingerprint density at radius 3 is 2.25 bits per heavy atom. The first-order valence-electron chi connectivity index (χ1n) is 9.40. The van der Waals surface area contributed by atoms with Crippen molar-refractivity contribution >= 4 is 11.8 Å². The molecule has 2 heterocycles. The minimum absolute atomic E-state index is 0.0255. The maximum absolute atomic E-state index is 13.1. The monoisotopic (exact) mass is 398 g/mol. The number of hydrogen-bond acceptors (Lipinski definition) is 4. The summed E-state index contributed by atoms with van der Waals surface area (Å²) < 4.78 is 39.2. The van der Waals surface area contributed by atoms with E-state index in [4.69, 9.17) is 5.73 Å². The zero-order valence-electron chi connectivity index (χ0n) is 17.1. The van der Waals surface area contributed by atoms with E-state index in [1.54, 1.807) is 0 Å². The molecule has 2 rings (SSSR count). The van der Waals surface area contributed by atoms with E-state index in [2.05, 4.69) is 25.6 Å². The molecule has 0 bridgehead atoms. The number of aliphatic imine (C=N–C) groups is 2. The first kappa shape index (κ1) is 22.1. The van der Waals surface area contributed by atoms with Crippen molar-refractivity contribution in [3.8, 4) is 0 Å². The maximum atomic E-state index is 13.1. The number of hydrogen-bond donors (Lipinski definition) is 3. The second kappa shape index (κ2) is 8.06. The quantitative estimate of drug-likeness (QED) is 0.710. The van der Waals surface area contributed by atoms with E-state index in [9.17, 15) is 13.2 Å². The lowest BCUT2D eigenvalue weighted by Gasteiger charge is -2.40. The summed E-state index contributed by atoms with van der Waals surface area (Å²) in [6.45, 7) is 12.0. The lowest BCUT2D eigenvalue weighted by Crippen LogP contribution is -2.67. The van der Waals surface area contributed by atoms with Crippen LogP contribution in [0.15, 0.2) is 28.2 Å². The van der Waals surface area contributed by atoms with Gasteiger partial charge in [-0.3, -0.25) is 5.73 Å². The predicted octanol–water partition coefficient (Wildman–Crippen LogP) is 3.34. The third-order valence-electron chi connectivity index (χ3n) is 5.13. The van der Waals surface area contributed by atoms with E-state index in [1.165, 1.54) is 12.1 Å². The van der Waals surface area contributed by atoms with Crippen molar-refractivity contribution in [2.45, 2.75) is 59.5 Å². The van der Waals surface area contributed by atoms with Crippen LogP contribution in [0.25, 0.3) is 0 Å². The fourth-order valence-electron chi connectivity index (χ4n) is 2.56. The second-order valence-corrected chi connectivity index (χ2v) is 7.94. The number of nitrogens with one attached hydrogen (secondary N) is 2. The van der Waals surface area contributed by atoms with Crippen molar-refractivity contribution in [3.63, 3.8) is 0 Å². The van der Waals surface area contributed by atoms with Crippen molar-refractivity contribution in [3.05, 3.63) is 29.6 Å². The van der Waals surface area contributed by atoms with Gasteiger partial charge in [0.2, 0.25) is 0 Å². The molecular formula is C19H29F3N6. The van der Waals surface area contributed by atoms with Gasteiger partial charge in [0.05, 0.1) is 6.04 Å². The Balaban J connectivity index is 2.53. The van der Waals surface area contributed by atoms with E-state index >= 15 is 0 Å². The average molecular weight is 398 g/mol. The normalized spacial score (nSPS) is 24.0. The SMILES string of the molecule is CC(C)C(C)N=C1NC(c2cccc(C(F)(F)F)n2)=NC(N)(C(C)C(C)C)N1. The number of pyridine rings is 1. The second-order valence-electron chi connectivity index (χ2n) is 7.94. The molecule has 1 aromatic heterocycles. The number of nitrogens with zero attached hydrogens (tertiary/aromatic N) is 3. The zero-order valence-corrected chi connectivity index (χ0v) is 17.1. The minimum Gasteiger partial charge on any atom is -0.319 e.